The van der Waals surface area contributed by atoms with Crippen LogP contribution in [0.2, 0.25) is 10.0 Å². The van der Waals surface area contributed by atoms with Gasteiger partial charge in [0.2, 0.25) is 0 Å². The van der Waals surface area contributed by atoms with Gasteiger partial charge in [-0.1, -0.05) is 59.1 Å². The summed E-state index contributed by atoms with van der Waals surface area (Å²) in [7, 11) is 0. The molecule has 0 radical (unpaired) electrons. The van der Waals surface area contributed by atoms with Gasteiger partial charge in [0, 0.05) is 28.2 Å². The number of hydrogen-bond donors (Lipinski definition) is 1. The van der Waals surface area contributed by atoms with E-state index in [2.05, 4.69) is 4.98 Å². The maximum Gasteiger partial charge on any atom is 0.291 e. The molecule has 0 saturated heterocycles. The summed E-state index contributed by atoms with van der Waals surface area (Å²) in [4.78, 5) is 12.5. The lowest BCUT2D eigenvalue weighted by molar-refractivity contribution is -0.742. The van der Waals surface area contributed by atoms with Crippen molar-refractivity contribution in [2.75, 3.05) is 0 Å². The Hall–Kier alpha value is -1.93. The van der Waals surface area contributed by atoms with Crippen LogP contribution < -0.4 is 0 Å². The van der Waals surface area contributed by atoms with Gasteiger partial charge in [0.25, 0.3) is 5.09 Å². The van der Waals surface area contributed by atoms with Crippen molar-refractivity contribution in [1.29, 1.82) is 0 Å². The normalized spacial score (nSPS) is 12.5. The molecule has 0 saturated carbocycles. The summed E-state index contributed by atoms with van der Waals surface area (Å²) in [6.45, 7) is 0. The van der Waals surface area contributed by atoms with Crippen molar-refractivity contribution in [2.24, 2.45) is 0 Å². The molecule has 0 bridgehead atoms. The second kappa shape index (κ2) is 11.2. The van der Waals surface area contributed by atoms with Crippen molar-refractivity contribution in [3.05, 3.63) is 98.5 Å². The second-order valence-corrected chi connectivity index (χ2v) is 7.98. The number of hydrogen-bond acceptors (Lipinski definition) is 4. The Morgan fingerprint density at radius 1 is 1.11 bits per heavy atom. The predicted octanol–water partition coefficient (Wildman–Crippen LogP) is 6.25. The molecule has 1 N–H and O–H groups in total. The SMILES string of the molecule is Clc1ccc(CSC(c2ccc(Cl)cc2)C(Cl)n2ccnc2)cc1.O=[N+]([O-])O. The number of nitrogens with zero attached hydrogens (tertiary/aromatic N) is 3. The molecular weight excluding hydrogens is 445 g/mol. The van der Waals surface area contributed by atoms with Crippen LogP contribution in [0.15, 0.2) is 67.3 Å². The molecule has 0 aliphatic rings. The fourth-order valence-electron chi connectivity index (χ4n) is 2.33. The molecule has 0 spiro atoms. The van der Waals surface area contributed by atoms with Crippen LogP contribution >= 0.6 is 46.6 Å². The molecule has 1 aromatic heterocycles. The van der Waals surface area contributed by atoms with Gasteiger partial charge in [-0.05, 0) is 35.4 Å². The molecule has 0 amide bonds. The van der Waals surface area contributed by atoms with Crippen LogP contribution in [-0.4, -0.2) is 19.8 Å². The van der Waals surface area contributed by atoms with E-state index in [-0.39, 0.29) is 10.8 Å². The number of thioether (sulfide) groups is 1. The van der Waals surface area contributed by atoms with Crippen LogP contribution in [0.4, 0.5) is 0 Å². The largest absolute Gasteiger partial charge is 0.328 e. The third-order valence-electron chi connectivity index (χ3n) is 3.60. The first-order valence-electron chi connectivity index (χ1n) is 7.93. The van der Waals surface area contributed by atoms with E-state index >= 15 is 0 Å². The van der Waals surface area contributed by atoms with Gasteiger partial charge >= 0.3 is 0 Å². The standard InChI is InChI=1S/C18H15Cl3N2S.HNO3/c19-15-5-1-13(2-6-15)11-24-17(14-3-7-16(20)8-4-14)18(21)23-10-9-22-12-23;2-1(3)4/h1-10,12,17-18H,11H2;(H,2,3,4). The lowest BCUT2D eigenvalue weighted by Crippen LogP contribution is -2.09. The van der Waals surface area contributed by atoms with E-state index in [4.69, 9.17) is 50.1 Å². The maximum absolute atomic E-state index is 8.36. The molecule has 0 fully saturated rings. The third-order valence-corrected chi connectivity index (χ3v) is 6.12. The highest BCUT2D eigenvalue weighted by Crippen LogP contribution is 2.43. The molecule has 6 nitrogen and oxygen atoms in total. The van der Waals surface area contributed by atoms with Crippen LogP contribution in [0.5, 0.6) is 0 Å². The Bertz CT molecular complexity index is 858. The maximum atomic E-state index is 8.36. The van der Waals surface area contributed by atoms with Gasteiger partial charge in [-0.2, -0.15) is 0 Å². The fraction of sp³-hybridized carbons (Fsp3) is 0.167. The summed E-state index contributed by atoms with van der Waals surface area (Å²) in [5.41, 5.74) is 2.09. The van der Waals surface area contributed by atoms with Gasteiger partial charge in [-0.25, -0.2) is 4.98 Å². The minimum Gasteiger partial charge on any atom is -0.328 e. The zero-order chi connectivity index (χ0) is 20.5. The number of halogens is 3. The Morgan fingerprint density at radius 2 is 1.64 bits per heavy atom. The zero-order valence-corrected chi connectivity index (χ0v) is 17.4. The summed E-state index contributed by atoms with van der Waals surface area (Å²) in [5.74, 6) is 0.836. The van der Waals surface area contributed by atoms with Crippen molar-refractivity contribution in [3.8, 4) is 0 Å². The molecule has 2 unspecified atom stereocenters. The molecule has 3 rings (SSSR count). The van der Waals surface area contributed by atoms with E-state index < -0.39 is 5.09 Å². The lowest BCUT2D eigenvalue weighted by Gasteiger charge is -2.23. The van der Waals surface area contributed by atoms with Gasteiger partial charge in [0.1, 0.15) is 5.50 Å². The second-order valence-electron chi connectivity index (χ2n) is 5.53. The molecule has 2 atom stereocenters. The summed E-state index contributed by atoms with van der Waals surface area (Å²) < 4.78 is 1.91. The minimum absolute atomic E-state index is 0.0637. The molecule has 3 aromatic rings. The van der Waals surface area contributed by atoms with Gasteiger partial charge in [0.05, 0.1) is 11.6 Å². The molecule has 148 valence electrons. The van der Waals surface area contributed by atoms with E-state index in [9.17, 15) is 0 Å². The van der Waals surface area contributed by atoms with Crippen LogP contribution in [0, 0.1) is 10.1 Å². The van der Waals surface area contributed by atoms with Gasteiger partial charge < -0.3 is 9.77 Å². The number of alkyl halides is 1. The average molecular weight is 461 g/mol. The molecule has 10 heteroatoms. The molecule has 0 aliphatic carbocycles. The van der Waals surface area contributed by atoms with E-state index in [1.165, 1.54) is 5.56 Å². The van der Waals surface area contributed by atoms with Gasteiger partial charge in [0.15, 0.2) is 0 Å². The molecule has 28 heavy (non-hydrogen) atoms. The Kier molecular flexibility index (Phi) is 8.92. The first kappa shape index (κ1) is 22.4. The third kappa shape index (κ3) is 7.24. The van der Waals surface area contributed by atoms with E-state index in [0.717, 1.165) is 16.3 Å². The van der Waals surface area contributed by atoms with E-state index in [0.29, 0.717) is 5.02 Å². The van der Waals surface area contributed by atoms with E-state index in [1.807, 2.05) is 59.3 Å². The van der Waals surface area contributed by atoms with Crippen LogP contribution in [0.3, 0.4) is 0 Å². The summed E-state index contributed by atoms with van der Waals surface area (Å²) in [6, 6.07) is 15.7. The Balaban J connectivity index is 0.000000640. The lowest BCUT2D eigenvalue weighted by atomic mass is 10.1. The van der Waals surface area contributed by atoms with Crippen LogP contribution in [0.25, 0.3) is 0 Å². The number of aromatic nitrogens is 2. The fourth-order valence-corrected chi connectivity index (χ4v) is 4.27. The van der Waals surface area contributed by atoms with Gasteiger partial charge in [-0.3, -0.25) is 0 Å². The molecule has 2 aromatic carbocycles. The Labute approximate surface area is 181 Å². The van der Waals surface area contributed by atoms with Gasteiger partial charge in [-0.15, -0.1) is 21.9 Å². The van der Waals surface area contributed by atoms with Crippen molar-refractivity contribution in [2.45, 2.75) is 16.5 Å². The first-order valence-corrected chi connectivity index (χ1v) is 10.2. The topological polar surface area (TPSA) is 81.2 Å². The quantitative estimate of drug-likeness (QED) is 0.267. The van der Waals surface area contributed by atoms with Crippen molar-refractivity contribution >= 4 is 46.6 Å². The highest BCUT2D eigenvalue weighted by Gasteiger charge is 2.23. The molecule has 1 heterocycles. The van der Waals surface area contributed by atoms with Crippen LogP contribution in [-0.2, 0) is 5.75 Å². The number of benzene rings is 2. The predicted molar refractivity (Wildman–Crippen MR) is 113 cm³/mol. The number of rotatable bonds is 6. The summed E-state index contributed by atoms with van der Waals surface area (Å²) in [5, 5.41) is 15.2. The van der Waals surface area contributed by atoms with Crippen LogP contribution in [0.1, 0.15) is 21.9 Å². The zero-order valence-electron chi connectivity index (χ0n) is 14.4. The monoisotopic (exact) mass is 459 g/mol. The molecular formula is C18H16Cl3N3O3S. The first-order chi connectivity index (χ1) is 13.4. The van der Waals surface area contributed by atoms with E-state index in [1.54, 1.807) is 24.3 Å². The summed E-state index contributed by atoms with van der Waals surface area (Å²) in [6.07, 6.45) is 5.35. The highest BCUT2D eigenvalue weighted by molar-refractivity contribution is 7.98. The highest BCUT2D eigenvalue weighted by atomic mass is 35.5. The number of imidazole rings is 1. The minimum atomic E-state index is -1.50. The average Bonchev–Trinajstić information content (AvgIpc) is 3.19. The van der Waals surface area contributed by atoms with Crippen molar-refractivity contribution < 1.29 is 10.3 Å². The summed E-state index contributed by atoms with van der Waals surface area (Å²) >= 11 is 20.5. The smallest absolute Gasteiger partial charge is 0.291 e. The molecule has 0 aliphatic heterocycles. The Morgan fingerprint density at radius 3 is 2.14 bits per heavy atom. The van der Waals surface area contributed by atoms with Crippen molar-refractivity contribution in [1.82, 2.24) is 9.55 Å². The van der Waals surface area contributed by atoms with Crippen molar-refractivity contribution in [3.63, 3.8) is 0 Å².